The van der Waals surface area contributed by atoms with Crippen LogP contribution >= 0.6 is 23.2 Å². The zero-order chi connectivity index (χ0) is 18.8. The van der Waals surface area contributed by atoms with Gasteiger partial charge < -0.3 is 9.64 Å². The molecule has 4 heteroatoms. The number of anilines is 1. The lowest BCUT2D eigenvalue weighted by atomic mass is 9.89. The van der Waals surface area contributed by atoms with Crippen molar-refractivity contribution in [3.63, 3.8) is 0 Å². The van der Waals surface area contributed by atoms with Crippen molar-refractivity contribution in [3.8, 4) is 0 Å². The molecule has 6 rings (SSSR count). The Morgan fingerprint density at radius 2 is 1.25 bits per heavy atom. The molecule has 138 valence electrons. The van der Waals surface area contributed by atoms with Gasteiger partial charge in [-0.25, -0.2) is 0 Å². The number of nitrogens with zero attached hydrogens (tertiary/aromatic N) is 1. The first-order valence-corrected chi connectivity index (χ1v) is 10.3. The van der Waals surface area contributed by atoms with Crippen LogP contribution in [-0.2, 0) is 4.74 Å². The van der Waals surface area contributed by atoms with Gasteiger partial charge in [-0.05, 0) is 26.9 Å². The summed E-state index contributed by atoms with van der Waals surface area (Å²) in [6.45, 7) is 3.06. The molecule has 0 amide bonds. The van der Waals surface area contributed by atoms with Crippen LogP contribution in [0.5, 0.6) is 0 Å². The van der Waals surface area contributed by atoms with E-state index in [-0.39, 0.29) is 0 Å². The fraction of sp³-hybridized carbons (Fsp3) is 0.167. The summed E-state index contributed by atoms with van der Waals surface area (Å²) in [5.41, 5.74) is 1.03. The maximum absolute atomic E-state index is 6.96. The molecule has 1 fully saturated rings. The molecule has 0 aliphatic carbocycles. The third-order valence-electron chi connectivity index (χ3n) is 5.98. The summed E-state index contributed by atoms with van der Waals surface area (Å²) in [5.74, 6) is 0. The average Bonchev–Trinajstić information content (AvgIpc) is 2.74. The second-order valence-corrected chi connectivity index (χ2v) is 8.14. The lowest BCUT2D eigenvalue weighted by Gasteiger charge is -2.32. The summed E-state index contributed by atoms with van der Waals surface area (Å²) in [5, 5.41) is 10.8. The molecule has 1 saturated heterocycles. The Kier molecular flexibility index (Phi) is 3.64. The van der Waals surface area contributed by atoms with E-state index in [4.69, 9.17) is 27.9 Å². The van der Waals surface area contributed by atoms with Gasteiger partial charge in [0, 0.05) is 29.2 Å². The first-order chi connectivity index (χ1) is 13.8. The van der Waals surface area contributed by atoms with Crippen molar-refractivity contribution in [1.29, 1.82) is 0 Å². The minimum absolute atomic E-state index is 0.639. The molecule has 0 saturated carbocycles. The van der Waals surface area contributed by atoms with Gasteiger partial charge in [0.05, 0.1) is 28.9 Å². The third-order valence-corrected chi connectivity index (χ3v) is 6.82. The molecular weight excluding hydrogens is 389 g/mol. The van der Waals surface area contributed by atoms with Crippen molar-refractivity contribution in [2.75, 3.05) is 31.2 Å². The highest BCUT2D eigenvalue weighted by molar-refractivity contribution is 6.52. The summed E-state index contributed by atoms with van der Waals surface area (Å²) in [6, 6.07) is 19.4. The van der Waals surface area contributed by atoms with Crippen LogP contribution < -0.4 is 4.90 Å². The molecular formula is C24H17Cl2NO. The molecule has 0 unspecified atom stereocenters. The van der Waals surface area contributed by atoms with Crippen LogP contribution in [0, 0.1) is 0 Å². The van der Waals surface area contributed by atoms with Crippen molar-refractivity contribution in [2.45, 2.75) is 0 Å². The Bertz CT molecular complexity index is 1370. The SMILES string of the molecule is Clc1c(N2CCOCC2)c2cccc3c4cccc5cccc(c(c1Cl)c23)c54. The molecule has 1 aliphatic heterocycles. The number of benzene rings is 5. The van der Waals surface area contributed by atoms with E-state index in [1.54, 1.807) is 0 Å². The summed E-state index contributed by atoms with van der Waals surface area (Å²) in [7, 11) is 0. The molecule has 0 atom stereocenters. The molecule has 1 aliphatic rings. The standard InChI is InChI=1S/C24H17Cl2NO/c25-22-21-17-8-2-5-14-4-1-6-15(19(14)17)16-7-3-9-18(20(16)21)24(23(22)26)27-10-12-28-13-11-27/h1-9H,10-13H2. The number of ether oxygens (including phenoxy) is 1. The number of hydrogen-bond donors (Lipinski definition) is 0. The lowest BCUT2D eigenvalue weighted by Crippen LogP contribution is -2.36. The highest BCUT2D eigenvalue weighted by atomic mass is 35.5. The van der Waals surface area contributed by atoms with Crippen LogP contribution in [0.4, 0.5) is 5.69 Å². The fourth-order valence-electron chi connectivity index (χ4n) is 4.81. The smallest absolute Gasteiger partial charge is 0.0838 e. The van der Waals surface area contributed by atoms with Crippen molar-refractivity contribution in [2.24, 2.45) is 0 Å². The molecule has 0 spiro atoms. The van der Waals surface area contributed by atoms with Gasteiger partial charge in [0.25, 0.3) is 0 Å². The minimum Gasteiger partial charge on any atom is -0.378 e. The van der Waals surface area contributed by atoms with E-state index in [1.165, 1.54) is 26.9 Å². The van der Waals surface area contributed by atoms with Crippen molar-refractivity contribution in [1.82, 2.24) is 0 Å². The van der Waals surface area contributed by atoms with Crippen LogP contribution in [0.3, 0.4) is 0 Å². The van der Waals surface area contributed by atoms with E-state index in [1.807, 2.05) is 0 Å². The molecule has 0 bridgehead atoms. The first-order valence-electron chi connectivity index (χ1n) is 9.54. The Morgan fingerprint density at radius 1 is 0.643 bits per heavy atom. The summed E-state index contributed by atoms with van der Waals surface area (Å²) in [6.07, 6.45) is 0. The molecule has 2 nitrogen and oxygen atoms in total. The number of morpholine rings is 1. The Morgan fingerprint density at radius 3 is 2.00 bits per heavy atom. The molecule has 5 aromatic rings. The van der Waals surface area contributed by atoms with E-state index in [9.17, 15) is 0 Å². The van der Waals surface area contributed by atoms with Crippen LogP contribution in [0.2, 0.25) is 10.0 Å². The fourth-order valence-corrected chi connectivity index (χ4v) is 5.41. The summed E-state index contributed by atoms with van der Waals surface area (Å²) >= 11 is 13.9. The topological polar surface area (TPSA) is 12.5 Å². The van der Waals surface area contributed by atoms with Gasteiger partial charge in [-0.15, -0.1) is 0 Å². The Hall–Kier alpha value is -2.26. The van der Waals surface area contributed by atoms with Gasteiger partial charge in [0.15, 0.2) is 0 Å². The second kappa shape index (κ2) is 6.12. The molecule has 5 aromatic carbocycles. The molecule has 0 radical (unpaired) electrons. The van der Waals surface area contributed by atoms with Gasteiger partial charge in [0.1, 0.15) is 0 Å². The molecule has 1 heterocycles. The van der Waals surface area contributed by atoms with E-state index in [2.05, 4.69) is 59.5 Å². The highest BCUT2D eigenvalue weighted by Gasteiger charge is 2.24. The number of fused-ring (bicyclic) bond motifs is 2. The maximum Gasteiger partial charge on any atom is 0.0838 e. The molecule has 0 aromatic heterocycles. The zero-order valence-corrected chi connectivity index (χ0v) is 16.6. The third kappa shape index (κ3) is 2.14. The van der Waals surface area contributed by atoms with Crippen molar-refractivity contribution in [3.05, 3.63) is 64.6 Å². The second-order valence-electron chi connectivity index (χ2n) is 7.39. The van der Waals surface area contributed by atoms with Gasteiger partial charge in [0.2, 0.25) is 0 Å². The largest absolute Gasteiger partial charge is 0.378 e. The number of rotatable bonds is 1. The van der Waals surface area contributed by atoms with Crippen LogP contribution in [0.15, 0.2) is 54.6 Å². The maximum atomic E-state index is 6.96. The predicted molar refractivity (Wildman–Crippen MR) is 121 cm³/mol. The van der Waals surface area contributed by atoms with Crippen LogP contribution in [0.25, 0.3) is 43.1 Å². The van der Waals surface area contributed by atoms with E-state index >= 15 is 0 Å². The quantitative estimate of drug-likeness (QED) is 0.222. The monoisotopic (exact) mass is 405 g/mol. The van der Waals surface area contributed by atoms with Gasteiger partial charge in [-0.3, -0.25) is 0 Å². The Balaban J connectivity index is 1.88. The van der Waals surface area contributed by atoms with Crippen LogP contribution in [-0.4, -0.2) is 26.3 Å². The lowest BCUT2D eigenvalue weighted by molar-refractivity contribution is 0.123. The predicted octanol–water partition coefficient (Wildman–Crippen LogP) is 6.88. The minimum atomic E-state index is 0.639. The van der Waals surface area contributed by atoms with E-state index in [0.29, 0.717) is 23.3 Å². The van der Waals surface area contributed by atoms with Gasteiger partial charge >= 0.3 is 0 Å². The summed E-state index contributed by atoms with van der Waals surface area (Å²) in [4.78, 5) is 2.31. The van der Waals surface area contributed by atoms with Gasteiger partial charge in [-0.2, -0.15) is 0 Å². The van der Waals surface area contributed by atoms with E-state index in [0.717, 1.165) is 34.9 Å². The summed E-state index contributed by atoms with van der Waals surface area (Å²) < 4.78 is 5.55. The van der Waals surface area contributed by atoms with Gasteiger partial charge in [-0.1, -0.05) is 77.8 Å². The molecule has 0 N–H and O–H groups in total. The average molecular weight is 406 g/mol. The van der Waals surface area contributed by atoms with Crippen LogP contribution in [0.1, 0.15) is 0 Å². The van der Waals surface area contributed by atoms with Crippen molar-refractivity contribution >= 4 is 72.0 Å². The number of hydrogen-bond acceptors (Lipinski definition) is 2. The Labute approximate surface area is 172 Å². The zero-order valence-electron chi connectivity index (χ0n) is 15.1. The van der Waals surface area contributed by atoms with Crippen molar-refractivity contribution < 1.29 is 4.74 Å². The molecule has 28 heavy (non-hydrogen) atoms. The highest BCUT2D eigenvalue weighted by Crippen LogP contribution is 2.50. The first kappa shape index (κ1) is 16.7. The number of halogens is 2. The van der Waals surface area contributed by atoms with E-state index < -0.39 is 0 Å². The normalized spacial score (nSPS) is 15.4.